The van der Waals surface area contributed by atoms with E-state index in [2.05, 4.69) is 9.71 Å². The molecule has 0 amide bonds. The molecule has 20 heavy (non-hydrogen) atoms. The van der Waals surface area contributed by atoms with Crippen LogP contribution in [0.3, 0.4) is 0 Å². The van der Waals surface area contributed by atoms with E-state index >= 15 is 0 Å². The monoisotopic (exact) mass is 321 g/mol. The zero-order chi connectivity index (χ0) is 15.3. The third-order valence-corrected chi connectivity index (χ3v) is 5.07. The molecule has 0 unspecified atom stereocenters. The van der Waals surface area contributed by atoms with E-state index in [1.165, 1.54) is 11.4 Å². The average Bonchev–Trinajstić information content (AvgIpc) is 2.74. The second-order valence-corrected chi connectivity index (χ2v) is 6.93. The largest absolute Gasteiger partial charge is 0.466 e. The number of nitrogens with one attached hydrogen (secondary N) is 1. The zero-order valence-corrected chi connectivity index (χ0v) is 13.5. The topological polar surface area (TPSA) is 88.6 Å². The molecule has 7 nitrogen and oxygen atoms in total. The summed E-state index contributed by atoms with van der Waals surface area (Å²) in [4.78, 5) is 15.4. The van der Waals surface area contributed by atoms with Crippen LogP contribution in [-0.4, -0.2) is 43.4 Å². The highest BCUT2D eigenvalue weighted by Gasteiger charge is 2.21. The number of anilines is 1. The number of carbonyl (C=O) groups excluding carboxylic acids is 1. The first-order valence-corrected chi connectivity index (χ1v) is 8.44. The van der Waals surface area contributed by atoms with Gasteiger partial charge in [0, 0.05) is 18.5 Å². The van der Waals surface area contributed by atoms with Gasteiger partial charge in [0.1, 0.15) is 0 Å². The van der Waals surface area contributed by atoms with Crippen LogP contribution in [0.25, 0.3) is 0 Å². The standard InChI is InChI=1S/C11H19N3O4S2/c1-5-18-10(15)6-9-7-19-11(12-9)13-20(16,17)14(4)8(2)3/h7-8H,5-6H2,1-4H3,(H,12,13). The number of carbonyl (C=O) groups is 1. The zero-order valence-electron chi connectivity index (χ0n) is 11.9. The summed E-state index contributed by atoms with van der Waals surface area (Å²) in [5, 5.41) is 1.86. The van der Waals surface area contributed by atoms with E-state index < -0.39 is 10.2 Å². The van der Waals surface area contributed by atoms with E-state index in [4.69, 9.17) is 4.74 Å². The molecule has 1 aromatic heterocycles. The summed E-state index contributed by atoms with van der Waals surface area (Å²) < 4.78 is 32.3. The highest BCUT2D eigenvalue weighted by molar-refractivity contribution is 7.90. The van der Waals surface area contributed by atoms with Gasteiger partial charge in [-0.15, -0.1) is 11.3 Å². The molecule has 1 aromatic rings. The van der Waals surface area contributed by atoms with Gasteiger partial charge in [-0.1, -0.05) is 0 Å². The molecule has 0 saturated heterocycles. The minimum absolute atomic E-state index is 0.0338. The predicted octanol–water partition coefficient (Wildman–Crippen LogP) is 1.25. The Morgan fingerprint density at radius 1 is 1.55 bits per heavy atom. The molecule has 9 heteroatoms. The summed E-state index contributed by atoms with van der Waals surface area (Å²) in [7, 11) is -2.14. The molecule has 0 aliphatic carbocycles. The normalized spacial score (nSPS) is 11.9. The highest BCUT2D eigenvalue weighted by Crippen LogP contribution is 2.18. The number of esters is 1. The molecule has 114 valence electrons. The van der Waals surface area contributed by atoms with E-state index in [1.807, 2.05) is 0 Å². The van der Waals surface area contributed by atoms with Gasteiger partial charge in [-0.25, -0.2) is 9.71 Å². The summed E-state index contributed by atoms with van der Waals surface area (Å²) >= 11 is 1.13. The Morgan fingerprint density at radius 3 is 2.75 bits per heavy atom. The molecule has 0 aromatic carbocycles. The van der Waals surface area contributed by atoms with Crippen molar-refractivity contribution >= 4 is 32.6 Å². The van der Waals surface area contributed by atoms with E-state index in [-0.39, 0.29) is 23.6 Å². The molecule has 0 aliphatic heterocycles. The number of aromatic nitrogens is 1. The van der Waals surface area contributed by atoms with Gasteiger partial charge in [-0.05, 0) is 20.8 Å². The van der Waals surface area contributed by atoms with Crippen LogP contribution in [0.4, 0.5) is 5.13 Å². The van der Waals surface area contributed by atoms with Gasteiger partial charge < -0.3 is 4.74 Å². The van der Waals surface area contributed by atoms with Crippen molar-refractivity contribution in [3.8, 4) is 0 Å². The molecule has 0 bridgehead atoms. The number of nitrogens with zero attached hydrogens (tertiary/aromatic N) is 2. The van der Waals surface area contributed by atoms with Gasteiger partial charge in [0.2, 0.25) is 0 Å². The number of hydrogen-bond donors (Lipinski definition) is 1. The fourth-order valence-corrected chi connectivity index (χ4v) is 3.28. The van der Waals surface area contributed by atoms with Crippen molar-refractivity contribution in [2.45, 2.75) is 33.2 Å². The summed E-state index contributed by atoms with van der Waals surface area (Å²) in [6.45, 7) is 5.57. The van der Waals surface area contributed by atoms with Gasteiger partial charge in [-0.2, -0.15) is 12.7 Å². The molecule has 0 radical (unpaired) electrons. The smallest absolute Gasteiger partial charge is 0.311 e. The third-order valence-electron chi connectivity index (χ3n) is 2.51. The minimum atomic E-state index is -3.62. The van der Waals surface area contributed by atoms with Crippen molar-refractivity contribution in [2.24, 2.45) is 0 Å². The highest BCUT2D eigenvalue weighted by atomic mass is 32.2. The Morgan fingerprint density at radius 2 is 2.20 bits per heavy atom. The summed E-state index contributed by atoms with van der Waals surface area (Å²) in [5.74, 6) is -0.383. The number of rotatable bonds is 7. The molecule has 1 heterocycles. The van der Waals surface area contributed by atoms with Crippen molar-refractivity contribution in [2.75, 3.05) is 18.4 Å². The van der Waals surface area contributed by atoms with Crippen LogP contribution < -0.4 is 4.72 Å². The lowest BCUT2D eigenvalue weighted by molar-refractivity contribution is -0.142. The second kappa shape index (κ2) is 7.00. The number of thiazole rings is 1. The van der Waals surface area contributed by atoms with Crippen LogP contribution in [0.1, 0.15) is 26.5 Å². The van der Waals surface area contributed by atoms with Gasteiger partial charge in [0.25, 0.3) is 0 Å². The van der Waals surface area contributed by atoms with Crippen LogP contribution in [0.2, 0.25) is 0 Å². The van der Waals surface area contributed by atoms with E-state index in [0.717, 1.165) is 11.3 Å². The average molecular weight is 321 g/mol. The van der Waals surface area contributed by atoms with Crippen molar-refractivity contribution in [3.05, 3.63) is 11.1 Å². The Kier molecular flexibility index (Phi) is 5.90. The fourth-order valence-electron chi connectivity index (χ4n) is 1.25. The Hall–Kier alpha value is -1.19. The molecular formula is C11H19N3O4S2. The van der Waals surface area contributed by atoms with Gasteiger partial charge in [0.15, 0.2) is 5.13 Å². The van der Waals surface area contributed by atoms with Crippen molar-refractivity contribution in [1.82, 2.24) is 9.29 Å². The summed E-state index contributed by atoms with van der Waals surface area (Å²) in [6, 6.07) is -0.161. The lowest BCUT2D eigenvalue weighted by Gasteiger charge is -2.20. The van der Waals surface area contributed by atoms with Crippen molar-refractivity contribution in [1.29, 1.82) is 0 Å². The maximum Gasteiger partial charge on any atom is 0.311 e. The third kappa shape index (κ3) is 4.73. The molecule has 0 spiro atoms. The lowest BCUT2D eigenvalue weighted by Crippen LogP contribution is -2.37. The molecule has 1 N–H and O–H groups in total. The Balaban J connectivity index is 2.71. The van der Waals surface area contributed by atoms with Crippen molar-refractivity contribution in [3.63, 3.8) is 0 Å². The molecular weight excluding hydrogens is 302 g/mol. The Labute approximate surface area is 123 Å². The fraction of sp³-hybridized carbons (Fsp3) is 0.636. The van der Waals surface area contributed by atoms with Crippen LogP contribution in [-0.2, 0) is 26.2 Å². The lowest BCUT2D eigenvalue weighted by atomic mass is 10.3. The van der Waals surface area contributed by atoms with Gasteiger partial charge >= 0.3 is 16.2 Å². The summed E-state index contributed by atoms with van der Waals surface area (Å²) in [6.07, 6.45) is 0.0338. The van der Waals surface area contributed by atoms with E-state index in [0.29, 0.717) is 12.3 Å². The van der Waals surface area contributed by atoms with Crippen LogP contribution >= 0.6 is 11.3 Å². The minimum Gasteiger partial charge on any atom is -0.466 e. The predicted molar refractivity (Wildman–Crippen MR) is 77.9 cm³/mol. The second-order valence-electron chi connectivity index (χ2n) is 4.34. The first-order valence-electron chi connectivity index (χ1n) is 6.12. The molecule has 1 rings (SSSR count). The van der Waals surface area contributed by atoms with Crippen LogP contribution in [0, 0.1) is 0 Å². The molecule has 0 fully saturated rings. The van der Waals surface area contributed by atoms with Crippen LogP contribution in [0.5, 0.6) is 0 Å². The quantitative estimate of drug-likeness (QED) is 0.763. The maximum absolute atomic E-state index is 12.0. The number of hydrogen-bond acceptors (Lipinski definition) is 6. The first kappa shape index (κ1) is 16.9. The SMILES string of the molecule is CCOC(=O)Cc1csc(NS(=O)(=O)N(C)C(C)C)n1. The van der Waals surface area contributed by atoms with Gasteiger partial charge in [-0.3, -0.25) is 4.79 Å². The van der Waals surface area contributed by atoms with E-state index in [9.17, 15) is 13.2 Å². The molecule has 0 aliphatic rings. The van der Waals surface area contributed by atoms with Crippen molar-refractivity contribution < 1.29 is 17.9 Å². The maximum atomic E-state index is 12.0. The number of ether oxygens (including phenoxy) is 1. The van der Waals surface area contributed by atoms with Gasteiger partial charge in [0.05, 0.1) is 18.7 Å². The molecule has 0 saturated carbocycles. The van der Waals surface area contributed by atoms with Crippen LogP contribution in [0.15, 0.2) is 5.38 Å². The van der Waals surface area contributed by atoms with E-state index in [1.54, 1.807) is 26.2 Å². The Bertz CT molecular complexity index is 554. The first-order chi connectivity index (χ1) is 9.26. The summed E-state index contributed by atoms with van der Waals surface area (Å²) in [5.41, 5.74) is 0.485. The molecule has 0 atom stereocenters.